The largest absolute Gasteiger partial charge is 0.355 e. The summed E-state index contributed by atoms with van der Waals surface area (Å²) in [5, 5.41) is 25.0. The Balaban J connectivity index is 1.57. The maximum atomic E-state index is 9.29. The summed E-state index contributed by atoms with van der Waals surface area (Å²) in [7, 11) is 0. The van der Waals surface area contributed by atoms with E-state index in [1.54, 1.807) is 40.1 Å². The van der Waals surface area contributed by atoms with Crippen LogP contribution in [0, 0.1) is 22.7 Å². The van der Waals surface area contributed by atoms with E-state index in [0.29, 0.717) is 17.0 Å². The average molecular weight is 468 g/mol. The average Bonchev–Trinajstić information content (AvgIpc) is 3.63. The number of thiophene rings is 3. The van der Waals surface area contributed by atoms with Gasteiger partial charge in [-0.05, 0) is 41.8 Å². The molecule has 4 nitrogen and oxygen atoms in total. The standard InChI is InChI=1S/C25H13N3OS3/c26-14-16(15-27)13-18-24(28-29-25(18)17-5-2-1-3-6-17)23-11-10-22(32-23)21-9-8-20(31-21)19-7-4-12-30-19/h1-13H. The number of benzene rings is 1. The molecule has 0 saturated heterocycles. The predicted molar refractivity (Wildman–Crippen MR) is 131 cm³/mol. The van der Waals surface area contributed by atoms with Gasteiger partial charge in [0.2, 0.25) is 0 Å². The molecule has 0 fully saturated rings. The van der Waals surface area contributed by atoms with Crippen LogP contribution in [0.4, 0.5) is 0 Å². The molecule has 152 valence electrons. The van der Waals surface area contributed by atoms with Crippen molar-refractivity contribution in [2.24, 2.45) is 0 Å². The highest BCUT2D eigenvalue weighted by Crippen LogP contribution is 2.43. The number of allylic oxidation sites excluding steroid dienone is 1. The Morgan fingerprint density at radius 1 is 0.781 bits per heavy atom. The second kappa shape index (κ2) is 8.78. The van der Waals surface area contributed by atoms with Crippen LogP contribution in [0.5, 0.6) is 0 Å². The van der Waals surface area contributed by atoms with E-state index in [4.69, 9.17) is 4.52 Å². The van der Waals surface area contributed by atoms with E-state index in [0.717, 1.165) is 15.3 Å². The van der Waals surface area contributed by atoms with Gasteiger partial charge in [0.25, 0.3) is 0 Å². The predicted octanol–water partition coefficient (Wildman–Crippen LogP) is 7.96. The zero-order valence-corrected chi connectivity index (χ0v) is 18.9. The second-order valence-corrected chi connectivity index (χ2v) is 9.84. The lowest BCUT2D eigenvalue weighted by Crippen LogP contribution is -1.82. The van der Waals surface area contributed by atoms with Gasteiger partial charge in [0.1, 0.15) is 23.4 Å². The number of nitrogens with zero attached hydrogens (tertiary/aromatic N) is 3. The molecule has 0 bridgehead atoms. The first-order valence-electron chi connectivity index (χ1n) is 9.58. The molecule has 0 saturated carbocycles. The van der Waals surface area contributed by atoms with E-state index in [-0.39, 0.29) is 5.57 Å². The van der Waals surface area contributed by atoms with Crippen molar-refractivity contribution in [2.45, 2.75) is 0 Å². The zero-order chi connectivity index (χ0) is 21.9. The molecule has 4 heterocycles. The van der Waals surface area contributed by atoms with Crippen molar-refractivity contribution < 1.29 is 4.52 Å². The normalized spacial score (nSPS) is 10.4. The molecule has 0 aliphatic rings. The fraction of sp³-hybridized carbons (Fsp3) is 0. The summed E-state index contributed by atoms with van der Waals surface area (Å²) in [4.78, 5) is 5.73. The van der Waals surface area contributed by atoms with Crippen molar-refractivity contribution in [3.05, 3.63) is 83.2 Å². The van der Waals surface area contributed by atoms with Crippen molar-refractivity contribution in [1.82, 2.24) is 5.16 Å². The third-order valence-corrected chi connectivity index (χ3v) is 8.18. The number of nitriles is 2. The van der Waals surface area contributed by atoms with Crippen molar-refractivity contribution >= 4 is 40.1 Å². The van der Waals surface area contributed by atoms with E-state index in [1.165, 1.54) is 14.6 Å². The van der Waals surface area contributed by atoms with Gasteiger partial charge in [-0.1, -0.05) is 41.6 Å². The molecule has 0 unspecified atom stereocenters. The highest BCUT2D eigenvalue weighted by atomic mass is 32.1. The Labute approximate surface area is 196 Å². The van der Waals surface area contributed by atoms with Gasteiger partial charge in [0.05, 0.1) is 10.4 Å². The van der Waals surface area contributed by atoms with Gasteiger partial charge in [0.15, 0.2) is 5.76 Å². The van der Waals surface area contributed by atoms with Crippen molar-refractivity contribution in [1.29, 1.82) is 10.5 Å². The first kappa shape index (κ1) is 20.2. The topological polar surface area (TPSA) is 73.6 Å². The molecule has 0 radical (unpaired) electrons. The summed E-state index contributed by atoms with van der Waals surface area (Å²) in [5.74, 6) is 0.537. The van der Waals surface area contributed by atoms with Crippen LogP contribution in [0.2, 0.25) is 0 Å². The zero-order valence-electron chi connectivity index (χ0n) is 16.5. The molecule has 5 rings (SSSR count). The molecular formula is C25H13N3OS3. The summed E-state index contributed by atoms with van der Waals surface area (Å²) in [6.45, 7) is 0. The van der Waals surface area contributed by atoms with Crippen LogP contribution < -0.4 is 0 Å². The summed E-state index contributed by atoms with van der Waals surface area (Å²) in [6.07, 6.45) is 1.55. The van der Waals surface area contributed by atoms with Crippen molar-refractivity contribution in [3.8, 4) is 53.5 Å². The van der Waals surface area contributed by atoms with E-state index in [1.807, 2.05) is 48.5 Å². The lowest BCUT2D eigenvalue weighted by atomic mass is 10.0. The molecule has 7 heteroatoms. The van der Waals surface area contributed by atoms with E-state index >= 15 is 0 Å². The minimum absolute atomic E-state index is 0.00209. The number of hydrogen-bond donors (Lipinski definition) is 0. The third-order valence-electron chi connectivity index (χ3n) is 4.75. The van der Waals surface area contributed by atoms with Crippen LogP contribution in [-0.2, 0) is 0 Å². The van der Waals surface area contributed by atoms with Gasteiger partial charge in [-0.3, -0.25) is 0 Å². The monoisotopic (exact) mass is 467 g/mol. The van der Waals surface area contributed by atoms with Gasteiger partial charge in [-0.15, -0.1) is 34.0 Å². The molecule has 0 aliphatic heterocycles. The highest BCUT2D eigenvalue weighted by Gasteiger charge is 2.20. The van der Waals surface area contributed by atoms with E-state index in [2.05, 4.69) is 40.9 Å². The Kier molecular flexibility index (Phi) is 5.53. The first-order valence-corrected chi connectivity index (χ1v) is 12.1. The summed E-state index contributed by atoms with van der Waals surface area (Å²) in [5.41, 5.74) is 2.09. The van der Waals surface area contributed by atoms with Crippen molar-refractivity contribution in [2.75, 3.05) is 0 Å². The fourth-order valence-corrected chi connectivity index (χ4v) is 6.19. The lowest BCUT2D eigenvalue weighted by molar-refractivity contribution is 0.435. The molecule has 5 aromatic rings. The van der Waals surface area contributed by atoms with Crippen molar-refractivity contribution in [3.63, 3.8) is 0 Å². The smallest absolute Gasteiger partial charge is 0.174 e. The Morgan fingerprint density at radius 2 is 1.44 bits per heavy atom. The van der Waals surface area contributed by atoms with Crippen LogP contribution >= 0.6 is 34.0 Å². The van der Waals surface area contributed by atoms with Crippen LogP contribution in [0.15, 0.2) is 82.2 Å². The minimum atomic E-state index is 0.00209. The lowest BCUT2D eigenvalue weighted by Gasteiger charge is -1.98. The number of aromatic nitrogens is 1. The molecule has 0 spiro atoms. The maximum absolute atomic E-state index is 9.29. The van der Waals surface area contributed by atoms with Gasteiger partial charge >= 0.3 is 0 Å². The molecule has 0 atom stereocenters. The fourth-order valence-electron chi connectivity index (χ4n) is 3.26. The molecular weight excluding hydrogens is 454 g/mol. The summed E-state index contributed by atoms with van der Waals surface area (Å²) in [6, 6.07) is 26.0. The van der Waals surface area contributed by atoms with Gasteiger partial charge in [-0.2, -0.15) is 10.5 Å². The third kappa shape index (κ3) is 3.81. The van der Waals surface area contributed by atoms with E-state index in [9.17, 15) is 10.5 Å². The Hall–Kier alpha value is -3.75. The summed E-state index contributed by atoms with van der Waals surface area (Å²) >= 11 is 5.10. The van der Waals surface area contributed by atoms with Crippen LogP contribution in [0.1, 0.15) is 5.56 Å². The summed E-state index contributed by atoms with van der Waals surface area (Å²) < 4.78 is 5.69. The van der Waals surface area contributed by atoms with Gasteiger partial charge in [0, 0.05) is 25.1 Å². The molecule has 32 heavy (non-hydrogen) atoms. The maximum Gasteiger partial charge on any atom is 0.174 e. The van der Waals surface area contributed by atoms with E-state index < -0.39 is 0 Å². The first-order chi connectivity index (χ1) is 15.8. The molecule has 0 aliphatic carbocycles. The Bertz CT molecular complexity index is 1470. The second-order valence-electron chi connectivity index (χ2n) is 6.73. The van der Waals surface area contributed by atoms with Crippen LogP contribution in [0.3, 0.4) is 0 Å². The molecule has 0 amide bonds. The van der Waals surface area contributed by atoms with Gasteiger partial charge < -0.3 is 4.52 Å². The van der Waals surface area contributed by atoms with Gasteiger partial charge in [-0.25, -0.2) is 0 Å². The molecule has 0 N–H and O–H groups in total. The molecule has 1 aromatic carbocycles. The quantitative estimate of drug-likeness (QED) is 0.246. The number of hydrogen-bond acceptors (Lipinski definition) is 7. The van der Waals surface area contributed by atoms with Crippen LogP contribution in [0.25, 0.3) is 47.5 Å². The highest BCUT2D eigenvalue weighted by molar-refractivity contribution is 7.27. The SMILES string of the molecule is N#CC(C#N)=Cc1c(-c2ccc(-c3ccc(-c4cccs4)s3)s2)noc1-c1ccccc1. The molecule has 4 aromatic heterocycles. The van der Waals surface area contributed by atoms with Crippen LogP contribution in [-0.4, -0.2) is 5.16 Å². The minimum Gasteiger partial charge on any atom is -0.355 e. The number of rotatable bonds is 5. The Morgan fingerprint density at radius 3 is 2.09 bits per heavy atom.